The number of halogens is 1. The molecule has 0 aliphatic carbocycles. The summed E-state index contributed by atoms with van der Waals surface area (Å²) in [6, 6.07) is 4.00. The van der Waals surface area contributed by atoms with Gasteiger partial charge in [0.25, 0.3) is 5.91 Å². The molecular formula is C14H15FN2O3. The highest BCUT2D eigenvalue weighted by atomic mass is 19.1. The SMILES string of the molecule is COC(=O)CN(C)C(=O)c1ccc(C#CCN)cc1F. The predicted molar refractivity (Wildman–Crippen MR) is 71.3 cm³/mol. The van der Waals surface area contributed by atoms with Gasteiger partial charge in [0.2, 0.25) is 0 Å². The minimum absolute atomic E-state index is 0.130. The van der Waals surface area contributed by atoms with Gasteiger partial charge in [-0.15, -0.1) is 0 Å². The number of benzene rings is 1. The van der Waals surface area contributed by atoms with Crippen LogP contribution in [-0.4, -0.2) is 44.0 Å². The fraction of sp³-hybridized carbons (Fsp3) is 0.286. The summed E-state index contributed by atoms with van der Waals surface area (Å²) in [5.41, 5.74) is 5.52. The number of rotatable bonds is 3. The number of nitrogens with zero attached hydrogens (tertiary/aromatic N) is 1. The van der Waals surface area contributed by atoms with Crippen molar-refractivity contribution in [2.24, 2.45) is 5.73 Å². The Morgan fingerprint density at radius 2 is 2.15 bits per heavy atom. The van der Waals surface area contributed by atoms with E-state index < -0.39 is 17.7 Å². The molecule has 6 heteroatoms. The highest BCUT2D eigenvalue weighted by molar-refractivity contribution is 5.96. The normalized spacial score (nSPS) is 9.40. The van der Waals surface area contributed by atoms with E-state index in [0.717, 1.165) is 11.0 Å². The monoisotopic (exact) mass is 278 g/mol. The molecule has 1 amide bonds. The molecule has 20 heavy (non-hydrogen) atoms. The number of ether oxygens (including phenoxy) is 1. The van der Waals surface area contributed by atoms with Crippen LogP contribution in [0, 0.1) is 17.7 Å². The summed E-state index contributed by atoms with van der Waals surface area (Å²) in [5.74, 6) is 3.38. The van der Waals surface area contributed by atoms with Crippen molar-refractivity contribution in [1.29, 1.82) is 0 Å². The Hall–Kier alpha value is -2.39. The van der Waals surface area contributed by atoms with Crippen molar-refractivity contribution < 1.29 is 18.7 Å². The molecule has 0 unspecified atom stereocenters. The van der Waals surface area contributed by atoms with E-state index in [9.17, 15) is 14.0 Å². The van der Waals surface area contributed by atoms with Gasteiger partial charge in [-0.2, -0.15) is 0 Å². The van der Waals surface area contributed by atoms with Crippen molar-refractivity contribution in [1.82, 2.24) is 4.90 Å². The standard InChI is InChI=1S/C14H15FN2O3/c1-17(9-13(18)20-2)14(19)11-6-5-10(4-3-7-16)8-12(11)15/h5-6,8H,7,9,16H2,1-2H3. The van der Waals surface area contributed by atoms with Gasteiger partial charge in [0.05, 0.1) is 19.2 Å². The highest BCUT2D eigenvalue weighted by Gasteiger charge is 2.18. The molecule has 0 saturated carbocycles. The van der Waals surface area contributed by atoms with Gasteiger partial charge in [0, 0.05) is 12.6 Å². The number of methoxy groups -OCH3 is 1. The number of hydrogen-bond acceptors (Lipinski definition) is 4. The van der Waals surface area contributed by atoms with Gasteiger partial charge in [-0.25, -0.2) is 4.39 Å². The number of esters is 1. The smallest absolute Gasteiger partial charge is 0.325 e. The Morgan fingerprint density at radius 1 is 1.45 bits per heavy atom. The van der Waals surface area contributed by atoms with Gasteiger partial charge < -0.3 is 15.4 Å². The fourth-order valence-electron chi connectivity index (χ4n) is 1.46. The lowest BCUT2D eigenvalue weighted by Gasteiger charge is -2.16. The van der Waals surface area contributed by atoms with E-state index in [1.165, 1.54) is 26.3 Å². The topological polar surface area (TPSA) is 72.6 Å². The maximum atomic E-state index is 13.8. The summed E-state index contributed by atoms with van der Waals surface area (Å²) in [4.78, 5) is 24.1. The average Bonchev–Trinajstić information content (AvgIpc) is 2.44. The molecule has 0 aromatic heterocycles. The first-order valence-electron chi connectivity index (χ1n) is 5.80. The lowest BCUT2D eigenvalue weighted by Crippen LogP contribution is -2.33. The number of carbonyl (C=O) groups excluding carboxylic acids is 2. The third kappa shape index (κ3) is 4.07. The van der Waals surface area contributed by atoms with E-state index in [1.807, 2.05) is 0 Å². The first-order valence-corrected chi connectivity index (χ1v) is 5.80. The Balaban J connectivity index is 2.91. The van der Waals surface area contributed by atoms with Gasteiger partial charge in [0.1, 0.15) is 12.4 Å². The molecule has 0 atom stereocenters. The molecule has 2 N–H and O–H groups in total. The van der Waals surface area contributed by atoms with Crippen LogP contribution >= 0.6 is 0 Å². The van der Waals surface area contributed by atoms with Crippen LogP contribution in [0.4, 0.5) is 4.39 Å². The van der Waals surface area contributed by atoms with Crippen LogP contribution in [-0.2, 0) is 9.53 Å². The fourth-order valence-corrected chi connectivity index (χ4v) is 1.46. The van der Waals surface area contributed by atoms with Crippen LogP contribution in [0.1, 0.15) is 15.9 Å². The second kappa shape index (κ2) is 7.26. The van der Waals surface area contributed by atoms with E-state index in [2.05, 4.69) is 16.6 Å². The summed E-state index contributed by atoms with van der Waals surface area (Å²) in [5, 5.41) is 0. The molecule has 1 aromatic rings. The maximum absolute atomic E-state index is 13.8. The zero-order valence-electron chi connectivity index (χ0n) is 11.3. The van der Waals surface area contributed by atoms with E-state index in [1.54, 1.807) is 0 Å². The van der Waals surface area contributed by atoms with Gasteiger partial charge >= 0.3 is 5.97 Å². The summed E-state index contributed by atoms with van der Waals surface area (Å²) in [6.07, 6.45) is 0. The lowest BCUT2D eigenvalue weighted by atomic mass is 10.1. The Bertz CT molecular complexity index is 576. The van der Waals surface area contributed by atoms with Crippen molar-refractivity contribution in [2.45, 2.75) is 0 Å². The molecule has 0 aliphatic heterocycles. The molecule has 0 saturated heterocycles. The van der Waals surface area contributed by atoms with Crippen molar-refractivity contribution in [3.8, 4) is 11.8 Å². The summed E-state index contributed by atoms with van der Waals surface area (Å²) in [7, 11) is 2.60. The third-order valence-corrected chi connectivity index (χ3v) is 2.47. The molecular weight excluding hydrogens is 263 g/mol. The predicted octanol–water partition coefficient (Wildman–Crippen LogP) is 0.381. The zero-order chi connectivity index (χ0) is 15.1. The Labute approximate surface area is 116 Å². The molecule has 5 nitrogen and oxygen atoms in total. The van der Waals surface area contributed by atoms with Crippen LogP contribution in [0.5, 0.6) is 0 Å². The van der Waals surface area contributed by atoms with Crippen LogP contribution in [0.15, 0.2) is 18.2 Å². The molecule has 0 aliphatic rings. The quantitative estimate of drug-likeness (QED) is 0.641. The minimum Gasteiger partial charge on any atom is -0.468 e. The lowest BCUT2D eigenvalue weighted by molar-refractivity contribution is -0.141. The minimum atomic E-state index is -0.699. The van der Waals surface area contributed by atoms with Gasteiger partial charge in [-0.1, -0.05) is 11.8 Å². The maximum Gasteiger partial charge on any atom is 0.325 e. The first-order chi connectivity index (χ1) is 9.49. The molecule has 106 valence electrons. The van der Waals surface area contributed by atoms with Gasteiger partial charge in [-0.3, -0.25) is 9.59 Å². The van der Waals surface area contributed by atoms with Crippen LogP contribution in [0.2, 0.25) is 0 Å². The van der Waals surface area contributed by atoms with E-state index in [0.29, 0.717) is 5.56 Å². The van der Waals surface area contributed by atoms with Crippen molar-refractivity contribution in [3.63, 3.8) is 0 Å². The summed E-state index contributed by atoms with van der Waals surface area (Å²) in [6.45, 7) is -0.0757. The molecule has 1 rings (SSSR count). The number of amides is 1. The molecule has 0 spiro atoms. The largest absolute Gasteiger partial charge is 0.468 e. The third-order valence-electron chi connectivity index (χ3n) is 2.47. The second-order valence-corrected chi connectivity index (χ2v) is 3.94. The number of likely N-dealkylation sites (N-methyl/N-ethyl adjacent to an activating group) is 1. The van der Waals surface area contributed by atoms with Crippen LogP contribution in [0.25, 0.3) is 0 Å². The highest BCUT2D eigenvalue weighted by Crippen LogP contribution is 2.12. The second-order valence-electron chi connectivity index (χ2n) is 3.94. The number of carbonyl (C=O) groups is 2. The van der Waals surface area contributed by atoms with E-state index >= 15 is 0 Å². The first kappa shape index (κ1) is 15.7. The van der Waals surface area contributed by atoms with Crippen molar-refractivity contribution in [2.75, 3.05) is 27.2 Å². The number of nitrogens with two attached hydrogens (primary N) is 1. The molecule has 1 aromatic carbocycles. The van der Waals surface area contributed by atoms with E-state index in [4.69, 9.17) is 5.73 Å². The summed E-state index contributed by atoms with van der Waals surface area (Å²) >= 11 is 0. The molecule has 0 radical (unpaired) electrons. The molecule has 0 fully saturated rings. The van der Waals surface area contributed by atoms with E-state index in [-0.39, 0.29) is 18.7 Å². The van der Waals surface area contributed by atoms with Gasteiger partial charge in [0.15, 0.2) is 0 Å². The average molecular weight is 278 g/mol. The van der Waals surface area contributed by atoms with Crippen molar-refractivity contribution in [3.05, 3.63) is 35.1 Å². The summed E-state index contributed by atoms with van der Waals surface area (Å²) < 4.78 is 18.3. The Kier molecular flexibility index (Phi) is 5.69. The zero-order valence-corrected chi connectivity index (χ0v) is 11.3. The van der Waals surface area contributed by atoms with Crippen LogP contribution in [0.3, 0.4) is 0 Å². The molecule has 0 heterocycles. The Morgan fingerprint density at radius 3 is 2.70 bits per heavy atom. The van der Waals surface area contributed by atoms with Crippen LogP contribution < -0.4 is 5.73 Å². The van der Waals surface area contributed by atoms with Gasteiger partial charge in [-0.05, 0) is 18.2 Å². The van der Waals surface area contributed by atoms with Crippen molar-refractivity contribution >= 4 is 11.9 Å². The molecule has 0 bridgehead atoms. The number of hydrogen-bond donors (Lipinski definition) is 1.